The standard InChI is InChI=1S/C31H33N5O3S/c1-39-28-17-26(33-25-10-6-5-9-24(25)28)31(38)36-15-11-22(12-16-36)30-34-27(20-40-30)29(37)32-23-13-14-35(19-23)18-21-7-3-2-4-8-21/h2-10,17,20,22-23H,11-16,18-19H2,1H3,(H,32,37). The zero-order valence-electron chi connectivity index (χ0n) is 22.6. The quantitative estimate of drug-likeness (QED) is 0.355. The summed E-state index contributed by atoms with van der Waals surface area (Å²) in [5.41, 5.74) is 2.93. The van der Waals surface area contributed by atoms with E-state index in [4.69, 9.17) is 9.72 Å². The number of nitrogens with zero attached hydrogens (tertiary/aromatic N) is 4. The molecule has 0 saturated carbocycles. The van der Waals surface area contributed by atoms with Gasteiger partial charge in [-0.2, -0.15) is 0 Å². The minimum Gasteiger partial charge on any atom is -0.496 e. The second kappa shape index (κ2) is 11.7. The molecule has 2 aromatic heterocycles. The molecular formula is C31H33N5O3S. The van der Waals surface area contributed by atoms with Crippen molar-refractivity contribution in [2.24, 2.45) is 0 Å². The predicted molar refractivity (Wildman–Crippen MR) is 156 cm³/mol. The van der Waals surface area contributed by atoms with Crippen LogP contribution >= 0.6 is 11.3 Å². The van der Waals surface area contributed by atoms with Crippen LogP contribution in [0.25, 0.3) is 10.9 Å². The van der Waals surface area contributed by atoms with Crippen LogP contribution < -0.4 is 10.1 Å². The van der Waals surface area contributed by atoms with Crippen molar-refractivity contribution >= 4 is 34.1 Å². The monoisotopic (exact) mass is 555 g/mol. The molecule has 1 N–H and O–H groups in total. The first-order valence-electron chi connectivity index (χ1n) is 13.8. The van der Waals surface area contributed by atoms with Gasteiger partial charge in [-0.25, -0.2) is 9.97 Å². The van der Waals surface area contributed by atoms with E-state index in [-0.39, 0.29) is 23.8 Å². The molecule has 0 spiro atoms. The summed E-state index contributed by atoms with van der Waals surface area (Å²) in [6.45, 7) is 3.98. The van der Waals surface area contributed by atoms with Crippen LogP contribution in [0, 0.1) is 0 Å². The second-order valence-corrected chi connectivity index (χ2v) is 11.4. The molecule has 2 amide bonds. The third kappa shape index (κ3) is 5.71. The largest absolute Gasteiger partial charge is 0.496 e. The van der Waals surface area contributed by atoms with Gasteiger partial charge in [0, 0.05) is 61.5 Å². The number of pyridine rings is 1. The smallest absolute Gasteiger partial charge is 0.272 e. The molecule has 1 unspecified atom stereocenters. The van der Waals surface area contributed by atoms with Crippen molar-refractivity contribution in [3.63, 3.8) is 0 Å². The number of likely N-dealkylation sites (tertiary alicyclic amines) is 2. The van der Waals surface area contributed by atoms with Crippen molar-refractivity contribution in [1.29, 1.82) is 0 Å². The number of benzene rings is 2. The molecule has 8 nitrogen and oxygen atoms in total. The van der Waals surface area contributed by atoms with Crippen molar-refractivity contribution in [3.05, 3.63) is 88.0 Å². The highest BCUT2D eigenvalue weighted by Gasteiger charge is 2.29. The van der Waals surface area contributed by atoms with E-state index in [1.54, 1.807) is 24.5 Å². The van der Waals surface area contributed by atoms with Crippen molar-refractivity contribution < 1.29 is 14.3 Å². The Morgan fingerprint density at radius 2 is 1.75 bits per heavy atom. The second-order valence-electron chi connectivity index (χ2n) is 10.5. The van der Waals surface area contributed by atoms with Crippen LogP contribution in [-0.2, 0) is 6.54 Å². The highest BCUT2D eigenvalue weighted by atomic mass is 32.1. The van der Waals surface area contributed by atoms with Crippen molar-refractivity contribution in [3.8, 4) is 5.75 Å². The van der Waals surface area contributed by atoms with Gasteiger partial charge in [-0.3, -0.25) is 14.5 Å². The lowest BCUT2D eigenvalue weighted by molar-refractivity contribution is 0.0707. The molecular weight excluding hydrogens is 522 g/mol. The van der Waals surface area contributed by atoms with Gasteiger partial charge in [0.05, 0.1) is 17.6 Å². The Kier molecular flexibility index (Phi) is 7.75. The molecule has 9 heteroatoms. The summed E-state index contributed by atoms with van der Waals surface area (Å²) in [4.78, 5) is 39.8. The molecule has 2 aliphatic heterocycles. The van der Waals surface area contributed by atoms with E-state index in [1.165, 1.54) is 5.56 Å². The number of para-hydroxylation sites is 1. The van der Waals surface area contributed by atoms with E-state index in [1.807, 2.05) is 40.6 Å². The number of hydrogen-bond donors (Lipinski definition) is 1. The fourth-order valence-corrected chi connectivity index (χ4v) is 6.66. The maximum atomic E-state index is 13.3. The van der Waals surface area contributed by atoms with Gasteiger partial charge in [-0.1, -0.05) is 42.5 Å². The van der Waals surface area contributed by atoms with Gasteiger partial charge in [0.15, 0.2) is 0 Å². The average molecular weight is 556 g/mol. The summed E-state index contributed by atoms with van der Waals surface area (Å²) < 4.78 is 5.52. The number of rotatable bonds is 7. The molecule has 206 valence electrons. The van der Waals surface area contributed by atoms with Gasteiger partial charge in [0.1, 0.15) is 17.1 Å². The SMILES string of the molecule is COc1cc(C(=O)N2CCC(c3nc(C(=O)NC4CCN(Cc5ccccc5)C4)cs3)CC2)nc2ccccc12. The van der Waals surface area contributed by atoms with Crippen molar-refractivity contribution in [1.82, 2.24) is 25.1 Å². The van der Waals surface area contributed by atoms with Crippen molar-refractivity contribution in [2.45, 2.75) is 37.8 Å². The minimum atomic E-state index is -0.0991. The molecule has 6 rings (SSSR count). The van der Waals surface area contributed by atoms with E-state index in [0.29, 0.717) is 30.2 Å². The molecule has 0 aliphatic carbocycles. The summed E-state index contributed by atoms with van der Waals surface area (Å²) in [6.07, 6.45) is 2.56. The highest BCUT2D eigenvalue weighted by molar-refractivity contribution is 7.09. The Balaban J connectivity index is 1.02. The highest BCUT2D eigenvalue weighted by Crippen LogP contribution is 2.32. The Morgan fingerprint density at radius 3 is 2.55 bits per heavy atom. The zero-order chi connectivity index (χ0) is 27.5. The van der Waals surface area contributed by atoms with Crippen LogP contribution in [0.1, 0.15) is 56.7 Å². The van der Waals surface area contributed by atoms with Crippen molar-refractivity contribution in [2.75, 3.05) is 33.3 Å². The Morgan fingerprint density at radius 1 is 0.975 bits per heavy atom. The van der Waals surface area contributed by atoms with Gasteiger partial charge < -0.3 is 15.0 Å². The number of methoxy groups -OCH3 is 1. The molecule has 2 fully saturated rings. The van der Waals surface area contributed by atoms with Gasteiger partial charge >= 0.3 is 0 Å². The maximum Gasteiger partial charge on any atom is 0.272 e. The average Bonchev–Trinajstić information content (AvgIpc) is 3.67. The fraction of sp³-hybridized carbons (Fsp3) is 0.355. The van der Waals surface area contributed by atoms with Gasteiger partial charge in [-0.05, 0) is 37.0 Å². The van der Waals surface area contributed by atoms with Crippen LogP contribution in [0.4, 0.5) is 0 Å². The number of carbonyl (C=O) groups is 2. The molecule has 40 heavy (non-hydrogen) atoms. The summed E-state index contributed by atoms with van der Waals surface area (Å²) in [5.74, 6) is 0.707. The van der Waals surface area contributed by atoms with Crippen LogP contribution in [0.5, 0.6) is 5.75 Å². The number of amides is 2. The van der Waals surface area contributed by atoms with E-state index in [2.05, 4.69) is 39.5 Å². The molecule has 0 radical (unpaired) electrons. The number of thiazole rings is 1. The number of aromatic nitrogens is 2. The molecule has 0 bridgehead atoms. The van der Waals surface area contributed by atoms with Gasteiger partial charge in [-0.15, -0.1) is 11.3 Å². The lowest BCUT2D eigenvalue weighted by atomic mass is 9.97. The number of hydrogen-bond acceptors (Lipinski definition) is 7. The third-order valence-corrected chi connectivity index (χ3v) is 8.87. The van der Waals surface area contributed by atoms with E-state index < -0.39 is 0 Å². The topological polar surface area (TPSA) is 87.7 Å². The van der Waals surface area contributed by atoms with Gasteiger partial charge in [0.25, 0.3) is 11.8 Å². The van der Waals surface area contributed by atoms with Gasteiger partial charge in [0.2, 0.25) is 0 Å². The van der Waals surface area contributed by atoms with Crippen LogP contribution in [-0.4, -0.2) is 70.9 Å². The normalized spacial score (nSPS) is 18.2. The Bertz CT molecular complexity index is 1500. The van der Waals surface area contributed by atoms with E-state index >= 15 is 0 Å². The van der Waals surface area contributed by atoms with E-state index in [9.17, 15) is 9.59 Å². The number of nitrogens with one attached hydrogen (secondary N) is 1. The van der Waals surface area contributed by atoms with Crippen LogP contribution in [0.15, 0.2) is 66.0 Å². The molecule has 2 aliphatic rings. The first-order chi connectivity index (χ1) is 19.6. The Labute approximate surface area is 238 Å². The van der Waals surface area contributed by atoms with E-state index in [0.717, 1.165) is 54.8 Å². The summed E-state index contributed by atoms with van der Waals surface area (Å²) in [6, 6.07) is 20.0. The first-order valence-corrected chi connectivity index (χ1v) is 14.7. The predicted octanol–water partition coefficient (Wildman–Crippen LogP) is 4.72. The Hall–Kier alpha value is -3.82. The first kappa shape index (κ1) is 26.4. The fourth-order valence-electron chi connectivity index (χ4n) is 5.69. The third-order valence-electron chi connectivity index (χ3n) is 7.86. The minimum absolute atomic E-state index is 0.0837. The van der Waals surface area contributed by atoms with Crippen LogP contribution in [0.2, 0.25) is 0 Å². The number of carbonyl (C=O) groups excluding carboxylic acids is 2. The number of fused-ring (bicyclic) bond motifs is 1. The lowest BCUT2D eigenvalue weighted by Crippen LogP contribution is -2.38. The van der Waals surface area contributed by atoms with Crippen LogP contribution in [0.3, 0.4) is 0 Å². The zero-order valence-corrected chi connectivity index (χ0v) is 23.4. The number of piperidine rings is 1. The number of ether oxygens (including phenoxy) is 1. The molecule has 4 aromatic rings. The lowest BCUT2D eigenvalue weighted by Gasteiger charge is -2.31. The maximum absolute atomic E-state index is 13.3. The molecule has 2 aromatic carbocycles. The molecule has 1 atom stereocenters. The molecule has 4 heterocycles. The molecule has 2 saturated heterocycles. The summed E-state index contributed by atoms with van der Waals surface area (Å²) >= 11 is 1.54. The summed E-state index contributed by atoms with van der Waals surface area (Å²) in [7, 11) is 1.61. The summed E-state index contributed by atoms with van der Waals surface area (Å²) in [5, 5.41) is 6.91.